The van der Waals surface area contributed by atoms with Crippen molar-refractivity contribution < 1.29 is 9.59 Å². The molecule has 0 radical (unpaired) electrons. The number of aryl methyl sites for hydroxylation is 1. The number of aromatic nitrogens is 2. The van der Waals surface area contributed by atoms with Gasteiger partial charge in [0.1, 0.15) is 17.1 Å². The average Bonchev–Trinajstić information content (AvgIpc) is 3.44. The number of hydrogen-bond acceptors (Lipinski definition) is 4. The molecule has 0 fully saturated rings. The number of nitrogens with zero attached hydrogens (tertiary/aromatic N) is 2. The quantitative estimate of drug-likeness (QED) is 0.401. The Bertz CT molecular complexity index is 1400. The lowest BCUT2D eigenvalue weighted by Gasteiger charge is -2.12. The first-order chi connectivity index (χ1) is 16.9. The fourth-order valence-corrected chi connectivity index (χ4v) is 4.77. The number of amides is 2. The molecular weight excluding hydrogens is 438 g/mol. The lowest BCUT2D eigenvalue weighted by Crippen LogP contribution is -2.23. The number of carbonyl (C=O) groups excluding carboxylic acids is 2. The van der Waals surface area contributed by atoms with Crippen LogP contribution < -0.4 is 16.8 Å². The van der Waals surface area contributed by atoms with Gasteiger partial charge < -0.3 is 16.8 Å². The zero-order valence-corrected chi connectivity index (χ0v) is 19.5. The molecule has 0 saturated carbocycles. The van der Waals surface area contributed by atoms with Gasteiger partial charge in [-0.3, -0.25) is 9.59 Å². The number of carbonyl (C=O) groups is 2. The van der Waals surface area contributed by atoms with Crippen molar-refractivity contribution in [2.24, 2.45) is 5.73 Å². The Balaban J connectivity index is 1.36. The minimum Gasteiger partial charge on any atom is -0.383 e. The second kappa shape index (κ2) is 9.10. The molecule has 2 amide bonds. The van der Waals surface area contributed by atoms with E-state index in [9.17, 15) is 9.59 Å². The van der Waals surface area contributed by atoms with E-state index in [2.05, 4.69) is 17.4 Å². The Morgan fingerprint density at radius 3 is 2.23 bits per heavy atom. The molecule has 0 spiro atoms. The van der Waals surface area contributed by atoms with E-state index in [4.69, 9.17) is 16.6 Å². The molecule has 0 aliphatic heterocycles. The number of nitrogens with two attached hydrogens (primary N) is 2. The van der Waals surface area contributed by atoms with E-state index in [1.807, 2.05) is 67.6 Å². The normalized spacial score (nSPS) is 12.9. The zero-order chi connectivity index (χ0) is 24.5. The summed E-state index contributed by atoms with van der Waals surface area (Å²) in [5.41, 5.74) is 18.6. The molecule has 35 heavy (non-hydrogen) atoms. The van der Waals surface area contributed by atoms with E-state index >= 15 is 0 Å². The standard InChI is InChI=1S/C28H27N5O2/c1-17-6-2-5-9-23(17)28(35)31-16-18-10-12-19(13-11-18)25-24(27(30)34)26(29)33(32-25)22-14-20-7-3-4-8-21(20)15-22/h2-13,22H,14-16,29H2,1H3,(H2,30,34)(H,31,35). The molecule has 5 rings (SSSR count). The summed E-state index contributed by atoms with van der Waals surface area (Å²) in [4.78, 5) is 24.8. The number of rotatable bonds is 6. The molecule has 0 bridgehead atoms. The Kier molecular flexibility index (Phi) is 5.82. The van der Waals surface area contributed by atoms with Gasteiger partial charge in [0.15, 0.2) is 0 Å². The third-order valence-corrected chi connectivity index (χ3v) is 6.64. The molecule has 1 aliphatic carbocycles. The molecule has 3 aromatic carbocycles. The van der Waals surface area contributed by atoms with E-state index < -0.39 is 5.91 Å². The summed E-state index contributed by atoms with van der Waals surface area (Å²) in [5.74, 6) is -0.430. The maximum atomic E-state index is 12.5. The summed E-state index contributed by atoms with van der Waals surface area (Å²) < 4.78 is 1.74. The molecule has 1 aromatic heterocycles. The van der Waals surface area contributed by atoms with Crippen LogP contribution in [0.1, 0.15) is 49.0 Å². The minimum atomic E-state index is -0.603. The first kappa shape index (κ1) is 22.4. The van der Waals surface area contributed by atoms with Crippen LogP contribution in [0, 0.1) is 6.92 Å². The van der Waals surface area contributed by atoms with Crippen molar-refractivity contribution in [3.05, 3.63) is 106 Å². The zero-order valence-electron chi connectivity index (χ0n) is 19.5. The SMILES string of the molecule is Cc1ccccc1C(=O)NCc1ccc(-c2nn(C3Cc4ccccc4C3)c(N)c2C(N)=O)cc1. The van der Waals surface area contributed by atoms with Gasteiger partial charge in [-0.2, -0.15) is 5.10 Å². The third-order valence-electron chi connectivity index (χ3n) is 6.64. The fraction of sp³-hybridized carbons (Fsp3) is 0.179. The van der Waals surface area contributed by atoms with Crippen molar-refractivity contribution in [3.8, 4) is 11.3 Å². The van der Waals surface area contributed by atoms with Crippen molar-refractivity contribution in [1.29, 1.82) is 0 Å². The van der Waals surface area contributed by atoms with Gasteiger partial charge in [-0.05, 0) is 48.1 Å². The average molecular weight is 466 g/mol. The Labute approximate surface area is 203 Å². The van der Waals surface area contributed by atoms with E-state index in [1.165, 1.54) is 11.1 Å². The Morgan fingerprint density at radius 1 is 0.971 bits per heavy atom. The summed E-state index contributed by atoms with van der Waals surface area (Å²) in [6, 6.07) is 23.3. The van der Waals surface area contributed by atoms with Crippen LogP contribution >= 0.6 is 0 Å². The van der Waals surface area contributed by atoms with Crippen LogP contribution in [-0.4, -0.2) is 21.6 Å². The van der Waals surface area contributed by atoms with Crippen LogP contribution in [0.2, 0.25) is 0 Å². The van der Waals surface area contributed by atoms with Crippen LogP contribution in [-0.2, 0) is 19.4 Å². The molecule has 7 nitrogen and oxygen atoms in total. The van der Waals surface area contributed by atoms with Crippen LogP contribution in [0.3, 0.4) is 0 Å². The van der Waals surface area contributed by atoms with E-state index in [0.29, 0.717) is 23.6 Å². The van der Waals surface area contributed by atoms with E-state index in [0.717, 1.165) is 29.5 Å². The van der Waals surface area contributed by atoms with Gasteiger partial charge in [0, 0.05) is 17.7 Å². The molecule has 5 N–H and O–H groups in total. The predicted molar refractivity (Wildman–Crippen MR) is 136 cm³/mol. The number of fused-ring (bicyclic) bond motifs is 1. The van der Waals surface area contributed by atoms with E-state index in [-0.39, 0.29) is 17.5 Å². The molecule has 1 heterocycles. The highest BCUT2D eigenvalue weighted by Crippen LogP contribution is 2.35. The monoisotopic (exact) mass is 465 g/mol. The predicted octanol–water partition coefficient (Wildman–Crippen LogP) is 3.81. The summed E-state index contributed by atoms with van der Waals surface area (Å²) >= 11 is 0. The molecular formula is C28H27N5O2. The summed E-state index contributed by atoms with van der Waals surface area (Å²) in [6.07, 6.45) is 1.61. The lowest BCUT2D eigenvalue weighted by molar-refractivity contribution is 0.0949. The second-order valence-corrected chi connectivity index (χ2v) is 8.94. The fourth-order valence-electron chi connectivity index (χ4n) is 4.77. The number of nitrogen functional groups attached to an aromatic ring is 1. The molecule has 7 heteroatoms. The molecule has 4 aromatic rings. The van der Waals surface area contributed by atoms with Crippen molar-refractivity contribution in [1.82, 2.24) is 15.1 Å². The van der Waals surface area contributed by atoms with Crippen molar-refractivity contribution >= 4 is 17.6 Å². The summed E-state index contributed by atoms with van der Waals surface area (Å²) in [7, 11) is 0. The van der Waals surface area contributed by atoms with Crippen molar-refractivity contribution in [2.75, 3.05) is 5.73 Å². The molecule has 176 valence electrons. The van der Waals surface area contributed by atoms with Crippen LogP contribution in [0.4, 0.5) is 5.82 Å². The summed E-state index contributed by atoms with van der Waals surface area (Å²) in [5, 5.41) is 7.69. The number of hydrogen-bond donors (Lipinski definition) is 3. The van der Waals surface area contributed by atoms with Crippen LogP contribution in [0.5, 0.6) is 0 Å². The first-order valence-electron chi connectivity index (χ1n) is 11.6. The van der Waals surface area contributed by atoms with Gasteiger partial charge in [-0.25, -0.2) is 4.68 Å². The van der Waals surface area contributed by atoms with Gasteiger partial charge in [-0.15, -0.1) is 0 Å². The third kappa shape index (κ3) is 4.28. The van der Waals surface area contributed by atoms with Gasteiger partial charge in [0.05, 0.1) is 6.04 Å². The Morgan fingerprint density at radius 2 is 1.60 bits per heavy atom. The second-order valence-electron chi connectivity index (χ2n) is 8.94. The van der Waals surface area contributed by atoms with E-state index in [1.54, 1.807) is 4.68 Å². The largest absolute Gasteiger partial charge is 0.383 e. The molecule has 0 saturated heterocycles. The Hall–Kier alpha value is -4.39. The van der Waals surface area contributed by atoms with Gasteiger partial charge in [0.25, 0.3) is 11.8 Å². The highest BCUT2D eigenvalue weighted by molar-refractivity contribution is 6.03. The molecule has 1 aliphatic rings. The number of nitrogens with one attached hydrogen (secondary N) is 1. The maximum absolute atomic E-state index is 12.5. The number of benzene rings is 3. The van der Waals surface area contributed by atoms with Crippen molar-refractivity contribution in [3.63, 3.8) is 0 Å². The van der Waals surface area contributed by atoms with Gasteiger partial charge in [-0.1, -0.05) is 66.7 Å². The first-order valence-corrected chi connectivity index (χ1v) is 11.6. The highest BCUT2D eigenvalue weighted by Gasteiger charge is 2.29. The topological polar surface area (TPSA) is 116 Å². The maximum Gasteiger partial charge on any atom is 0.254 e. The smallest absolute Gasteiger partial charge is 0.254 e. The summed E-state index contributed by atoms with van der Waals surface area (Å²) in [6.45, 7) is 2.29. The lowest BCUT2D eigenvalue weighted by atomic mass is 10.0. The highest BCUT2D eigenvalue weighted by atomic mass is 16.2. The number of anilines is 1. The molecule has 0 atom stereocenters. The van der Waals surface area contributed by atoms with Crippen LogP contribution in [0.25, 0.3) is 11.3 Å². The molecule has 0 unspecified atom stereocenters. The van der Waals surface area contributed by atoms with Crippen molar-refractivity contribution in [2.45, 2.75) is 32.4 Å². The van der Waals surface area contributed by atoms with Crippen LogP contribution in [0.15, 0.2) is 72.8 Å². The number of primary amides is 1. The minimum absolute atomic E-state index is 0.0372. The van der Waals surface area contributed by atoms with Gasteiger partial charge >= 0.3 is 0 Å². The van der Waals surface area contributed by atoms with Gasteiger partial charge in [0.2, 0.25) is 0 Å².